The lowest BCUT2D eigenvalue weighted by Crippen LogP contribution is -1.90. The van der Waals surface area contributed by atoms with Crippen LogP contribution in [0.25, 0.3) is 11.0 Å². The smallest absolute Gasteiger partial charge is 0.103 e. The molecular formula is C9H5Br3N2. The Kier molecular flexibility index (Phi) is 3.19. The van der Waals surface area contributed by atoms with Gasteiger partial charge in [-0.1, -0.05) is 37.9 Å². The van der Waals surface area contributed by atoms with Gasteiger partial charge in [-0.2, -0.15) is 0 Å². The minimum absolute atomic E-state index is 0.0994. The summed E-state index contributed by atoms with van der Waals surface area (Å²) >= 11 is 10.4. The molecule has 72 valence electrons. The molecule has 0 aliphatic rings. The summed E-state index contributed by atoms with van der Waals surface area (Å²) in [5.74, 6) is 0. The Labute approximate surface area is 107 Å². The molecule has 0 N–H and O–H groups in total. The number of hydrogen-bond acceptors (Lipinski definition) is 2. The fourth-order valence-corrected chi connectivity index (χ4v) is 2.38. The van der Waals surface area contributed by atoms with E-state index in [9.17, 15) is 0 Å². The van der Waals surface area contributed by atoms with Gasteiger partial charge in [-0.15, -0.1) is 0 Å². The Balaban J connectivity index is 2.82. The van der Waals surface area contributed by atoms with Crippen LogP contribution in [0.5, 0.6) is 0 Å². The highest BCUT2D eigenvalue weighted by atomic mass is 79.9. The second-order valence-electron chi connectivity index (χ2n) is 2.69. The maximum Gasteiger partial charge on any atom is 0.103 e. The maximum absolute atomic E-state index is 4.31. The van der Waals surface area contributed by atoms with E-state index in [0.717, 1.165) is 21.1 Å². The van der Waals surface area contributed by atoms with E-state index in [-0.39, 0.29) is 3.74 Å². The van der Waals surface area contributed by atoms with E-state index in [2.05, 4.69) is 57.8 Å². The first-order chi connectivity index (χ1) is 6.70. The van der Waals surface area contributed by atoms with E-state index >= 15 is 0 Å². The van der Waals surface area contributed by atoms with E-state index < -0.39 is 0 Å². The predicted octanol–water partition coefficient (Wildman–Crippen LogP) is 4.18. The first kappa shape index (κ1) is 10.5. The average Bonchev–Trinajstić information content (AvgIpc) is 2.18. The molecule has 0 unspecified atom stereocenters. The third-order valence-corrected chi connectivity index (χ3v) is 3.47. The lowest BCUT2D eigenvalue weighted by Gasteiger charge is -2.06. The van der Waals surface area contributed by atoms with Crippen LogP contribution in [0.4, 0.5) is 0 Å². The van der Waals surface area contributed by atoms with Gasteiger partial charge >= 0.3 is 0 Å². The average molecular weight is 381 g/mol. The molecule has 2 rings (SSSR count). The molecule has 0 atom stereocenters. The third-order valence-electron chi connectivity index (χ3n) is 1.84. The van der Waals surface area contributed by atoms with Crippen molar-refractivity contribution in [2.45, 2.75) is 3.74 Å². The fourth-order valence-electron chi connectivity index (χ4n) is 1.22. The Morgan fingerprint density at radius 3 is 2.29 bits per heavy atom. The Morgan fingerprint density at radius 1 is 1.00 bits per heavy atom. The summed E-state index contributed by atoms with van der Waals surface area (Å²) in [5.41, 5.74) is 2.87. The Hall–Kier alpha value is -0.000000000000000167. The van der Waals surface area contributed by atoms with Crippen molar-refractivity contribution in [2.24, 2.45) is 0 Å². The van der Waals surface area contributed by atoms with Gasteiger partial charge in [0.1, 0.15) is 5.52 Å². The van der Waals surface area contributed by atoms with Crippen LogP contribution in [0.3, 0.4) is 0 Å². The van der Waals surface area contributed by atoms with E-state index in [1.165, 1.54) is 0 Å². The molecule has 0 spiro atoms. The molecule has 2 nitrogen and oxygen atoms in total. The molecular weight excluding hydrogens is 376 g/mol. The number of rotatable bonds is 1. The molecule has 0 saturated carbocycles. The predicted molar refractivity (Wildman–Crippen MR) is 67.8 cm³/mol. The number of halogens is 3. The largest absolute Gasteiger partial charge is 0.253 e. The fraction of sp³-hybridized carbons (Fsp3) is 0.111. The van der Waals surface area contributed by atoms with Gasteiger partial charge in [0.15, 0.2) is 0 Å². The number of aromatic nitrogens is 2. The molecule has 1 aromatic carbocycles. The van der Waals surface area contributed by atoms with Crippen LogP contribution in [0.1, 0.15) is 9.30 Å². The molecule has 1 heterocycles. The maximum atomic E-state index is 4.31. The highest BCUT2D eigenvalue weighted by Crippen LogP contribution is 2.35. The summed E-state index contributed by atoms with van der Waals surface area (Å²) in [6.45, 7) is 0. The summed E-state index contributed by atoms with van der Waals surface area (Å²) in [6.07, 6.45) is 3.38. The van der Waals surface area contributed by atoms with Gasteiger partial charge in [0.25, 0.3) is 0 Å². The first-order valence-electron chi connectivity index (χ1n) is 3.87. The molecule has 1 aromatic heterocycles. The zero-order valence-electron chi connectivity index (χ0n) is 6.92. The summed E-state index contributed by atoms with van der Waals surface area (Å²) in [4.78, 5) is 8.58. The van der Waals surface area contributed by atoms with Gasteiger partial charge in [0.05, 0.1) is 9.25 Å². The van der Waals surface area contributed by atoms with Gasteiger partial charge in [0.2, 0.25) is 0 Å². The van der Waals surface area contributed by atoms with Crippen molar-refractivity contribution in [2.75, 3.05) is 0 Å². The van der Waals surface area contributed by atoms with Crippen molar-refractivity contribution in [1.82, 2.24) is 9.97 Å². The quantitative estimate of drug-likeness (QED) is 0.693. The van der Waals surface area contributed by atoms with Gasteiger partial charge < -0.3 is 0 Å². The Bertz CT molecular complexity index is 471. The van der Waals surface area contributed by atoms with Gasteiger partial charge in [-0.05, 0) is 22.0 Å². The molecule has 0 aliphatic carbocycles. The summed E-state index contributed by atoms with van der Waals surface area (Å²) in [7, 11) is 0. The normalized spacial score (nSPS) is 11.1. The van der Waals surface area contributed by atoms with Gasteiger partial charge in [-0.3, -0.25) is 9.97 Å². The monoisotopic (exact) mass is 378 g/mol. The Morgan fingerprint density at radius 2 is 1.64 bits per heavy atom. The zero-order valence-corrected chi connectivity index (χ0v) is 11.7. The number of nitrogens with zero attached hydrogens (tertiary/aromatic N) is 2. The van der Waals surface area contributed by atoms with Crippen molar-refractivity contribution in [3.8, 4) is 0 Å². The van der Waals surface area contributed by atoms with Crippen LogP contribution in [0.2, 0.25) is 0 Å². The number of alkyl halides is 2. The van der Waals surface area contributed by atoms with Crippen molar-refractivity contribution >= 4 is 58.8 Å². The van der Waals surface area contributed by atoms with Gasteiger partial charge in [-0.25, -0.2) is 0 Å². The van der Waals surface area contributed by atoms with Crippen molar-refractivity contribution in [3.05, 3.63) is 34.6 Å². The minimum Gasteiger partial charge on any atom is -0.253 e. The second kappa shape index (κ2) is 4.24. The molecule has 0 bridgehead atoms. The molecule has 0 saturated heterocycles. The van der Waals surface area contributed by atoms with E-state index in [1.54, 1.807) is 12.4 Å². The standard InChI is InChI=1S/C9H5Br3N2/c10-6-2-1-5(9(11)12)7-8(6)14-4-3-13-7/h1-4,9H. The molecule has 0 amide bonds. The topological polar surface area (TPSA) is 25.8 Å². The van der Waals surface area contributed by atoms with Crippen LogP contribution >= 0.6 is 47.8 Å². The molecule has 0 radical (unpaired) electrons. The first-order valence-corrected chi connectivity index (χ1v) is 6.50. The summed E-state index contributed by atoms with van der Waals surface area (Å²) in [6, 6.07) is 3.98. The van der Waals surface area contributed by atoms with E-state index in [1.807, 2.05) is 12.1 Å². The van der Waals surface area contributed by atoms with E-state index in [4.69, 9.17) is 0 Å². The number of hydrogen-bond donors (Lipinski definition) is 0. The van der Waals surface area contributed by atoms with Crippen LogP contribution in [0, 0.1) is 0 Å². The lowest BCUT2D eigenvalue weighted by molar-refractivity contribution is 1.26. The minimum atomic E-state index is 0.0994. The molecule has 2 aromatic rings. The van der Waals surface area contributed by atoms with E-state index in [0.29, 0.717) is 0 Å². The highest BCUT2D eigenvalue weighted by Gasteiger charge is 2.10. The lowest BCUT2D eigenvalue weighted by atomic mass is 10.2. The third kappa shape index (κ3) is 1.85. The molecule has 14 heavy (non-hydrogen) atoms. The second-order valence-corrected chi connectivity index (χ2v) is 6.61. The van der Waals surface area contributed by atoms with Crippen LogP contribution in [-0.4, -0.2) is 9.97 Å². The van der Waals surface area contributed by atoms with Gasteiger partial charge in [0, 0.05) is 22.4 Å². The van der Waals surface area contributed by atoms with Crippen molar-refractivity contribution in [3.63, 3.8) is 0 Å². The molecule has 0 fully saturated rings. The van der Waals surface area contributed by atoms with Crippen LogP contribution in [-0.2, 0) is 0 Å². The zero-order chi connectivity index (χ0) is 10.1. The molecule has 0 aliphatic heterocycles. The molecule has 5 heteroatoms. The summed E-state index contributed by atoms with van der Waals surface area (Å²) < 4.78 is 1.06. The number of benzene rings is 1. The van der Waals surface area contributed by atoms with Crippen molar-refractivity contribution < 1.29 is 0 Å². The number of fused-ring (bicyclic) bond motifs is 1. The van der Waals surface area contributed by atoms with Crippen molar-refractivity contribution in [1.29, 1.82) is 0 Å². The highest BCUT2D eigenvalue weighted by molar-refractivity contribution is 9.24. The van der Waals surface area contributed by atoms with Crippen LogP contribution < -0.4 is 0 Å². The SMILES string of the molecule is Brc1ccc(C(Br)Br)c2nccnc12. The summed E-state index contributed by atoms with van der Waals surface area (Å²) in [5, 5.41) is 0. The van der Waals surface area contributed by atoms with Crippen LogP contribution in [0.15, 0.2) is 29.0 Å².